The van der Waals surface area contributed by atoms with Gasteiger partial charge in [-0.25, -0.2) is 0 Å². The van der Waals surface area contributed by atoms with Crippen LogP contribution in [0.4, 0.5) is 0 Å². The molecule has 0 aliphatic carbocycles. The largest absolute Gasteiger partial charge is 0.354 e. The van der Waals surface area contributed by atoms with Gasteiger partial charge in [0.25, 0.3) is 0 Å². The minimum atomic E-state index is -0.237. The Morgan fingerprint density at radius 2 is 2.60 bits per heavy atom. The van der Waals surface area contributed by atoms with Gasteiger partial charge >= 0.3 is 0 Å². The van der Waals surface area contributed by atoms with Crippen molar-refractivity contribution in [2.45, 2.75) is 6.29 Å². The molecular formula is C6H11NO3. The van der Waals surface area contributed by atoms with E-state index in [-0.39, 0.29) is 6.29 Å². The highest BCUT2D eigenvalue weighted by atomic mass is 16.7. The second-order valence-corrected chi connectivity index (χ2v) is 2.14. The second kappa shape index (κ2) is 3.53. The maximum atomic E-state index is 10.2. The van der Waals surface area contributed by atoms with E-state index in [4.69, 9.17) is 9.47 Å². The van der Waals surface area contributed by atoms with Gasteiger partial charge in [-0.05, 0) is 0 Å². The van der Waals surface area contributed by atoms with Gasteiger partial charge in [0.05, 0.1) is 13.2 Å². The van der Waals surface area contributed by atoms with Crippen LogP contribution in [-0.2, 0) is 14.3 Å². The summed E-state index contributed by atoms with van der Waals surface area (Å²) < 4.78 is 10.0. The van der Waals surface area contributed by atoms with Gasteiger partial charge in [-0.2, -0.15) is 0 Å². The van der Waals surface area contributed by atoms with Gasteiger partial charge in [0.15, 0.2) is 6.29 Å². The van der Waals surface area contributed by atoms with Crippen LogP contribution in [0.3, 0.4) is 0 Å². The van der Waals surface area contributed by atoms with Crippen LogP contribution in [0, 0.1) is 0 Å². The maximum Gasteiger partial charge on any atom is 0.209 e. The summed E-state index contributed by atoms with van der Waals surface area (Å²) in [6.07, 6.45) is 0.577. The number of rotatable bonds is 2. The molecule has 0 saturated carbocycles. The van der Waals surface area contributed by atoms with Gasteiger partial charge in [-0.3, -0.25) is 4.79 Å². The molecule has 1 fully saturated rings. The molecule has 0 aromatic carbocycles. The average Bonchev–Trinajstić information content (AvgIpc) is 2.05. The number of nitrogens with zero attached hydrogens (tertiary/aromatic N) is 1. The zero-order valence-electron chi connectivity index (χ0n) is 5.95. The predicted octanol–water partition coefficient (Wildman–Crippen LogP) is -0.552. The van der Waals surface area contributed by atoms with Gasteiger partial charge < -0.3 is 14.4 Å². The van der Waals surface area contributed by atoms with Crippen molar-refractivity contribution < 1.29 is 14.3 Å². The Labute approximate surface area is 59.7 Å². The number of ether oxygens (including phenoxy) is 2. The zero-order chi connectivity index (χ0) is 7.40. The molecule has 1 amide bonds. The Kier molecular flexibility index (Phi) is 2.65. The fraction of sp³-hybridized carbons (Fsp3) is 0.833. The summed E-state index contributed by atoms with van der Waals surface area (Å²) in [5.74, 6) is 0. The van der Waals surface area contributed by atoms with E-state index in [1.54, 1.807) is 12.0 Å². The molecule has 1 aliphatic heterocycles. The Morgan fingerprint density at radius 1 is 1.80 bits per heavy atom. The van der Waals surface area contributed by atoms with Crippen molar-refractivity contribution in [1.29, 1.82) is 0 Å². The molecule has 0 bridgehead atoms. The standard InChI is InChI=1S/C6H11NO3/c1-9-6-4-7(5-8)2-3-10-6/h5-6H,2-4H2,1H3/t6-/m0/s1. The Bertz CT molecular complexity index is 118. The number of hydrogen-bond donors (Lipinski definition) is 0. The van der Waals surface area contributed by atoms with Crippen molar-refractivity contribution in [3.63, 3.8) is 0 Å². The van der Waals surface area contributed by atoms with E-state index in [9.17, 15) is 4.79 Å². The number of methoxy groups -OCH3 is 1. The predicted molar refractivity (Wildman–Crippen MR) is 34.4 cm³/mol. The molecule has 4 nitrogen and oxygen atoms in total. The summed E-state index contributed by atoms with van der Waals surface area (Å²) in [7, 11) is 1.57. The van der Waals surface area contributed by atoms with E-state index >= 15 is 0 Å². The van der Waals surface area contributed by atoms with E-state index in [0.717, 1.165) is 6.41 Å². The third-order valence-corrected chi connectivity index (χ3v) is 1.48. The monoisotopic (exact) mass is 145 g/mol. The minimum absolute atomic E-state index is 0.237. The summed E-state index contributed by atoms with van der Waals surface area (Å²) >= 11 is 0. The molecule has 1 rings (SSSR count). The maximum absolute atomic E-state index is 10.2. The third-order valence-electron chi connectivity index (χ3n) is 1.48. The van der Waals surface area contributed by atoms with Gasteiger partial charge in [0, 0.05) is 13.7 Å². The lowest BCUT2D eigenvalue weighted by atomic mass is 10.4. The highest BCUT2D eigenvalue weighted by molar-refractivity contribution is 5.47. The SMILES string of the molecule is CO[C@@H]1CN(C=O)CCO1. The fourth-order valence-electron chi connectivity index (χ4n) is 0.875. The third kappa shape index (κ3) is 1.68. The molecule has 58 valence electrons. The number of carbonyl (C=O) groups is 1. The number of carbonyl (C=O) groups excluding carboxylic acids is 1. The lowest BCUT2D eigenvalue weighted by Gasteiger charge is -2.28. The van der Waals surface area contributed by atoms with Crippen molar-refractivity contribution >= 4 is 6.41 Å². The molecule has 0 radical (unpaired) electrons. The topological polar surface area (TPSA) is 38.8 Å². The summed E-state index contributed by atoms with van der Waals surface area (Å²) in [6.45, 7) is 1.78. The fourth-order valence-corrected chi connectivity index (χ4v) is 0.875. The highest BCUT2D eigenvalue weighted by Gasteiger charge is 2.17. The molecule has 0 aromatic rings. The van der Waals surface area contributed by atoms with Crippen molar-refractivity contribution in [1.82, 2.24) is 4.90 Å². The van der Waals surface area contributed by atoms with E-state index in [0.29, 0.717) is 19.7 Å². The first-order chi connectivity index (χ1) is 4.86. The quantitative estimate of drug-likeness (QED) is 0.489. The lowest BCUT2D eigenvalue weighted by molar-refractivity contribution is -0.168. The van der Waals surface area contributed by atoms with E-state index in [2.05, 4.69) is 0 Å². The van der Waals surface area contributed by atoms with Crippen molar-refractivity contribution in [2.75, 3.05) is 26.8 Å². The van der Waals surface area contributed by atoms with Crippen LogP contribution in [0.2, 0.25) is 0 Å². The molecule has 1 atom stereocenters. The van der Waals surface area contributed by atoms with Crippen LogP contribution in [0.1, 0.15) is 0 Å². The van der Waals surface area contributed by atoms with Crippen LogP contribution >= 0.6 is 0 Å². The molecule has 0 unspecified atom stereocenters. The first-order valence-corrected chi connectivity index (χ1v) is 3.20. The number of amides is 1. The first kappa shape index (κ1) is 7.50. The van der Waals surface area contributed by atoms with Gasteiger partial charge in [-0.15, -0.1) is 0 Å². The van der Waals surface area contributed by atoms with Crippen molar-refractivity contribution in [3.8, 4) is 0 Å². The molecule has 1 saturated heterocycles. The van der Waals surface area contributed by atoms with E-state index in [1.807, 2.05) is 0 Å². The van der Waals surface area contributed by atoms with Crippen LogP contribution in [-0.4, -0.2) is 44.4 Å². The molecular weight excluding hydrogens is 134 g/mol. The van der Waals surface area contributed by atoms with Crippen molar-refractivity contribution in [2.24, 2.45) is 0 Å². The lowest BCUT2D eigenvalue weighted by Crippen LogP contribution is -2.42. The molecule has 0 spiro atoms. The first-order valence-electron chi connectivity index (χ1n) is 3.20. The van der Waals surface area contributed by atoms with Crippen LogP contribution in [0.15, 0.2) is 0 Å². The van der Waals surface area contributed by atoms with Crippen LogP contribution in [0.25, 0.3) is 0 Å². The van der Waals surface area contributed by atoms with Crippen molar-refractivity contribution in [3.05, 3.63) is 0 Å². The normalized spacial score (nSPS) is 26.5. The second-order valence-electron chi connectivity index (χ2n) is 2.14. The van der Waals surface area contributed by atoms with Gasteiger partial charge in [0.1, 0.15) is 0 Å². The molecule has 1 aliphatic rings. The number of hydrogen-bond acceptors (Lipinski definition) is 3. The molecule has 1 heterocycles. The Hall–Kier alpha value is -0.610. The Morgan fingerprint density at radius 3 is 3.20 bits per heavy atom. The molecule has 4 heteroatoms. The summed E-state index contributed by atoms with van der Waals surface area (Å²) in [5.41, 5.74) is 0. The Balaban J connectivity index is 2.31. The zero-order valence-corrected chi connectivity index (χ0v) is 5.95. The molecule has 10 heavy (non-hydrogen) atoms. The van der Waals surface area contributed by atoms with Gasteiger partial charge in [0.2, 0.25) is 6.41 Å². The van der Waals surface area contributed by atoms with Gasteiger partial charge in [-0.1, -0.05) is 0 Å². The number of morpholine rings is 1. The summed E-state index contributed by atoms with van der Waals surface area (Å²) in [6, 6.07) is 0. The van der Waals surface area contributed by atoms with E-state index < -0.39 is 0 Å². The smallest absolute Gasteiger partial charge is 0.209 e. The summed E-state index contributed by atoms with van der Waals surface area (Å²) in [5, 5.41) is 0. The minimum Gasteiger partial charge on any atom is -0.354 e. The highest BCUT2D eigenvalue weighted by Crippen LogP contribution is 2.02. The van der Waals surface area contributed by atoms with Crippen LogP contribution in [0.5, 0.6) is 0 Å². The summed E-state index contributed by atoms with van der Waals surface area (Å²) in [4.78, 5) is 11.9. The average molecular weight is 145 g/mol. The molecule has 0 aromatic heterocycles. The molecule has 0 N–H and O–H groups in total. The van der Waals surface area contributed by atoms with E-state index in [1.165, 1.54) is 0 Å². The van der Waals surface area contributed by atoms with Crippen LogP contribution < -0.4 is 0 Å².